The summed E-state index contributed by atoms with van der Waals surface area (Å²) < 4.78 is 0. The van der Waals surface area contributed by atoms with Crippen molar-refractivity contribution in [3.63, 3.8) is 0 Å². The lowest BCUT2D eigenvalue weighted by Gasteiger charge is -2.16. The highest BCUT2D eigenvalue weighted by atomic mass is 35.5. The number of amides is 1. The van der Waals surface area contributed by atoms with Gasteiger partial charge in [-0.1, -0.05) is 11.6 Å². The SMILES string of the molecule is NC1CC(=O)N(c2cnc(Cl)nc2Cl)C1. The van der Waals surface area contributed by atoms with Gasteiger partial charge in [0.25, 0.3) is 0 Å². The first kappa shape index (κ1) is 10.6. The summed E-state index contributed by atoms with van der Waals surface area (Å²) in [6.45, 7) is 0.434. The second-order valence-corrected chi connectivity index (χ2v) is 3.98. The third-order valence-electron chi connectivity index (χ3n) is 2.14. The van der Waals surface area contributed by atoms with E-state index in [0.29, 0.717) is 18.7 Å². The molecule has 2 rings (SSSR count). The summed E-state index contributed by atoms with van der Waals surface area (Å²) in [6, 6.07) is -0.163. The van der Waals surface area contributed by atoms with E-state index in [2.05, 4.69) is 9.97 Å². The van der Waals surface area contributed by atoms with E-state index in [1.807, 2.05) is 0 Å². The number of hydrogen-bond donors (Lipinski definition) is 1. The molecule has 1 amide bonds. The summed E-state index contributed by atoms with van der Waals surface area (Å²) in [5.74, 6) is -0.0738. The van der Waals surface area contributed by atoms with Gasteiger partial charge in [0.15, 0.2) is 5.15 Å². The molecular formula is C8H8Cl2N4O. The maximum absolute atomic E-state index is 11.5. The molecule has 1 saturated heterocycles. The average Bonchev–Trinajstić information content (AvgIpc) is 2.45. The van der Waals surface area contributed by atoms with Gasteiger partial charge in [-0.05, 0) is 11.6 Å². The molecule has 7 heteroatoms. The molecule has 0 radical (unpaired) electrons. The molecule has 15 heavy (non-hydrogen) atoms. The van der Waals surface area contributed by atoms with Crippen molar-refractivity contribution in [2.45, 2.75) is 12.5 Å². The third-order valence-corrected chi connectivity index (χ3v) is 2.60. The zero-order chi connectivity index (χ0) is 11.0. The Bertz CT molecular complexity index is 412. The molecule has 1 atom stereocenters. The first-order valence-corrected chi connectivity index (χ1v) is 5.07. The number of nitrogens with two attached hydrogens (primary N) is 1. The number of rotatable bonds is 1. The Morgan fingerprint density at radius 2 is 2.27 bits per heavy atom. The molecule has 1 aromatic rings. The fourth-order valence-corrected chi connectivity index (χ4v) is 1.89. The molecule has 80 valence electrons. The van der Waals surface area contributed by atoms with Crippen molar-refractivity contribution >= 4 is 34.8 Å². The van der Waals surface area contributed by atoms with E-state index in [4.69, 9.17) is 28.9 Å². The summed E-state index contributed by atoms with van der Waals surface area (Å²) in [4.78, 5) is 20.5. The molecule has 1 aliphatic heterocycles. The summed E-state index contributed by atoms with van der Waals surface area (Å²) in [6.07, 6.45) is 1.74. The van der Waals surface area contributed by atoms with Gasteiger partial charge in [0.1, 0.15) is 5.69 Å². The van der Waals surface area contributed by atoms with Gasteiger partial charge < -0.3 is 10.6 Å². The largest absolute Gasteiger partial charge is 0.326 e. The molecule has 5 nitrogen and oxygen atoms in total. The first-order chi connectivity index (χ1) is 7.08. The van der Waals surface area contributed by atoms with Crippen molar-refractivity contribution in [2.75, 3.05) is 11.4 Å². The van der Waals surface area contributed by atoms with Crippen LogP contribution in [0, 0.1) is 0 Å². The Morgan fingerprint density at radius 1 is 1.53 bits per heavy atom. The molecule has 1 fully saturated rings. The van der Waals surface area contributed by atoms with Crippen LogP contribution in [0.3, 0.4) is 0 Å². The van der Waals surface area contributed by atoms with Crippen molar-refractivity contribution in [3.05, 3.63) is 16.6 Å². The number of carbonyl (C=O) groups excluding carboxylic acids is 1. The van der Waals surface area contributed by atoms with Gasteiger partial charge in [-0.25, -0.2) is 9.97 Å². The van der Waals surface area contributed by atoms with E-state index in [1.54, 1.807) is 0 Å². The van der Waals surface area contributed by atoms with Crippen LogP contribution < -0.4 is 10.6 Å². The van der Waals surface area contributed by atoms with Gasteiger partial charge >= 0.3 is 0 Å². The molecule has 2 heterocycles. The zero-order valence-electron chi connectivity index (χ0n) is 7.65. The normalized spacial score (nSPS) is 21.1. The van der Waals surface area contributed by atoms with Crippen molar-refractivity contribution in [3.8, 4) is 0 Å². The van der Waals surface area contributed by atoms with Gasteiger partial charge in [-0.15, -0.1) is 0 Å². The Labute approximate surface area is 96.2 Å². The second-order valence-electron chi connectivity index (χ2n) is 3.28. The minimum absolute atomic E-state index is 0.0553. The maximum atomic E-state index is 11.5. The number of hydrogen-bond acceptors (Lipinski definition) is 4. The second kappa shape index (κ2) is 3.92. The highest BCUT2D eigenvalue weighted by molar-refractivity contribution is 6.34. The minimum Gasteiger partial charge on any atom is -0.326 e. The van der Waals surface area contributed by atoms with Crippen LogP contribution in [0.2, 0.25) is 10.4 Å². The molecular weight excluding hydrogens is 239 g/mol. The topological polar surface area (TPSA) is 72.1 Å². The van der Waals surface area contributed by atoms with Crippen LogP contribution in [0.4, 0.5) is 5.69 Å². The molecule has 1 unspecified atom stereocenters. The van der Waals surface area contributed by atoms with E-state index in [0.717, 1.165) is 0 Å². The van der Waals surface area contributed by atoms with Crippen molar-refractivity contribution < 1.29 is 4.79 Å². The molecule has 0 saturated carbocycles. The predicted octanol–water partition coefficient (Wildman–Crippen LogP) is 0.847. The summed E-state index contributed by atoms with van der Waals surface area (Å²) in [7, 11) is 0. The highest BCUT2D eigenvalue weighted by Crippen LogP contribution is 2.27. The van der Waals surface area contributed by atoms with Gasteiger partial charge in [0.05, 0.1) is 6.20 Å². The molecule has 0 bridgehead atoms. The molecule has 0 aromatic carbocycles. The molecule has 0 spiro atoms. The number of nitrogens with zero attached hydrogens (tertiary/aromatic N) is 3. The van der Waals surface area contributed by atoms with Crippen LogP contribution in [0.15, 0.2) is 6.20 Å². The summed E-state index contributed by atoms with van der Waals surface area (Å²) in [5.41, 5.74) is 6.12. The monoisotopic (exact) mass is 246 g/mol. The van der Waals surface area contributed by atoms with Gasteiger partial charge in [0, 0.05) is 19.0 Å². The Balaban J connectivity index is 2.34. The standard InChI is InChI=1S/C8H8Cl2N4O/c9-7-5(2-12-8(10)13-7)14-3-4(11)1-6(14)15/h2,4H,1,3,11H2. The zero-order valence-corrected chi connectivity index (χ0v) is 9.16. The van der Waals surface area contributed by atoms with E-state index in [1.165, 1.54) is 11.1 Å². The lowest BCUT2D eigenvalue weighted by molar-refractivity contribution is -0.117. The van der Waals surface area contributed by atoms with E-state index >= 15 is 0 Å². The molecule has 1 aromatic heterocycles. The number of aromatic nitrogens is 2. The van der Waals surface area contributed by atoms with E-state index < -0.39 is 0 Å². The Hall–Kier alpha value is -0.910. The highest BCUT2D eigenvalue weighted by Gasteiger charge is 2.29. The van der Waals surface area contributed by atoms with Crippen LogP contribution in [-0.4, -0.2) is 28.5 Å². The van der Waals surface area contributed by atoms with E-state index in [9.17, 15) is 4.79 Å². The number of anilines is 1. The van der Waals surface area contributed by atoms with Crippen molar-refractivity contribution in [1.29, 1.82) is 0 Å². The van der Waals surface area contributed by atoms with Crippen LogP contribution in [0.25, 0.3) is 0 Å². The lowest BCUT2D eigenvalue weighted by atomic mass is 10.3. The van der Waals surface area contributed by atoms with Crippen LogP contribution in [-0.2, 0) is 4.79 Å². The summed E-state index contributed by atoms with van der Waals surface area (Å²) in [5, 5.41) is 0.220. The van der Waals surface area contributed by atoms with Crippen molar-refractivity contribution in [1.82, 2.24) is 9.97 Å². The van der Waals surface area contributed by atoms with Crippen molar-refractivity contribution in [2.24, 2.45) is 5.73 Å². The summed E-state index contributed by atoms with van der Waals surface area (Å²) >= 11 is 11.4. The van der Waals surface area contributed by atoms with Crippen LogP contribution in [0.5, 0.6) is 0 Å². The fourth-order valence-electron chi connectivity index (χ4n) is 1.48. The van der Waals surface area contributed by atoms with Gasteiger partial charge in [-0.2, -0.15) is 0 Å². The van der Waals surface area contributed by atoms with Crippen LogP contribution in [0.1, 0.15) is 6.42 Å². The van der Waals surface area contributed by atoms with E-state index in [-0.39, 0.29) is 22.4 Å². The minimum atomic E-state index is -0.163. The Morgan fingerprint density at radius 3 is 2.80 bits per heavy atom. The smallest absolute Gasteiger partial charge is 0.228 e. The average molecular weight is 247 g/mol. The van der Waals surface area contributed by atoms with Crippen LogP contribution >= 0.6 is 23.2 Å². The molecule has 2 N–H and O–H groups in total. The molecule has 1 aliphatic rings. The predicted molar refractivity (Wildman–Crippen MR) is 57.0 cm³/mol. The number of halogens is 2. The molecule has 0 aliphatic carbocycles. The number of carbonyl (C=O) groups is 1. The first-order valence-electron chi connectivity index (χ1n) is 4.32. The quantitative estimate of drug-likeness (QED) is 0.589. The fraction of sp³-hybridized carbons (Fsp3) is 0.375. The Kier molecular flexibility index (Phi) is 2.77. The van der Waals surface area contributed by atoms with Gasteiger partial charge in [-0.3, -0.25) is 4.79 Å². The third kappa shape index (κ3) is 2.04. The lowest BCUT2D eigenvalue weighted by Crippen LogP contribution is -2.28. The van der Waals surface area contributed by atoms with Gasteiger partial charge in [0.2, 0.25) is 11.2 Å². The maximum Gasteiger partial charge on any atom is 0.228 e.